The van der Waals surface area contributed by atoms with E-state index in [1.165, 1.54) is 25.8 Å². The third kappa shape index (κ3) is 9.88. The van der Waals surface area contributed by atoms with Crippen LogP contribution in [-0.4, -0.2) is 39.1 Å². The van der Waals surface area contributed by atoms with Crippen LogP contribution in [0.2, 0.25) is 0 Å². The minimum atomic E-state index is 1.07. The highest BCUT2D eigenvalue weighted by atomic mass is 15.3. The molecular weight excluding hydrogens is 138 g/mol. The van der Waals surface area contributed by atoms with Gasteiger partial charge in [-0.15, -0.1) is 0 Å². The monoisotopic (exact) mass is 159 g/mol. The first-order valence-electron chi connectivity index (χ1n) is 4.31. The fourth-order valence-electron chi connectivity index (χ4n) is 0.943. The van der Waals surface area contributed by atoms with Gasteiger partial charge < -0.3 is 4.90 Å². The van der Waals surface area contributed by atoms with Crippen LogP contribution in [0.5, 0.6) is 0 Å². The predicted molar refractivity (Wildman–Crippen MR) is 49.5 cm³/mol. The summed E-state index contributed by atoms with van der Waals surface area (Å²) >= 11 is 0. The van der Waals surface area contributed by atoms with E-state index in [2.05, 4.69) is 29.8 Å². The van der Waals surface area contributed by atoms with Gasteiger partial charge in [0.1, 0.15) is 0 Å². The third-order valence-corrected chi connectivity index (χ3v) is 1.58. The standard InChI is InChI=1S/C8H21N3/c1-9-10-7-5-4-6-8-11(2)3/h9-10H,4-8H2,1-3H3. The number of hydrogen-bond acceptors (Lipinski definition) is 3. The Bertz CT molecular complexity index is 73.7. The van der Waals surface area contributed by atoms with Crippen molar-refractivity contribution in [2.45, 2.75) is 19.3 Å². The van der Waals surface area contributed by atoms with Crippen LogP contribution in [0.4, 0.5) is 0 Å². The lowest BCUT2D eigenvalue weighted by Gasteiger charge is -2.08. The number of hydrazine groups is 1. The fourth-order valence-corrected chi connectivity index (χ4v) is 0.943. The highest BCUT2D eigenvalue weighted by Gasteiger charge is 1.90. The summed E-state index contributed by atoms with van der Waals surface area (Å²) < 4.78 is 0. The van der Waals surface area contributed by atoms with Gasteiger partial charge in [-0.05, 0) is 40.5 Å². The lowest BCUT2D eigenvalue weighted by molar-refractivity contribution is 0.389. The molecule has 0 amide bonds. The molecule has 0 saturated heterocycles. The van der Waals surface area contributed by atoms with E-state index in [0.29, 0.717) is 0 Å². The lowest BCUT2D eigenvalue weighted by Crippen LogP contribution is -2.28. The maximum absolute atomic E-state index is 3.07. The largest absolute Gasteiger partial charge is 0.309 e. The summed E-state index contributed by atoms with van der Waals surface area (Å²) in [6.45, 7) is 2.28. The Kier molecular flexibility index (Phi) is 7.89. The fraction of sp³-hybridized carbons (Fsp3) is 1.00. The number of rotatable bonds is 7. The summed E-state index contributed by atoms with van der Waals surface area (Å²) in [6.07, 6.45) is 3.87. The van der Waals surface area contributed by atoms with Gasteiger partial charge >= 0.3 is 0 Å². The summed E-state index contributed by atoms with van der Waals surface area (Å²) in [7, 11) is 6.14. The molecule has 0 aromatic rings. The zero-order chi connectivity index (χ0) is 8.53. The van der Waals surface area contributed by atoms with Crippen molar-refractivity contribution in [3.63, 3.8) is 0 Å². The normalized spacial score (nSPS) is 10.9. The van der Waals surface area contributed by atoms with E-state index in [4.69, 9.17) is 0 Å². The molecular formula is C8H21N3. The highest BCUT2D eigenvalue weighted by Crippen LogP contribution is 1.94. The predicted octanol–water partition coefficient (Wildman–Crippen LogP) is 0.442. The first-order chi connectivity index (χ1) is 5.27. The Hall–Kier alpha value is -0.120. The second kappa shape index (κ2) is 7.98. The van der Waals surface area contributed by atoms with E-state index in [1.807, 2.05) is 7.05 Å². The van der Waals surface area contributed by atoms with Crippen LogP contribution in [0.3, 0.4) is 0 Å². The Balaban J connectivity index is 2.80. The van der Waals surface area contributed by atoms with E-state index >= 15 is 0 Å². The van der Waals surface area contributed by atoms with Gasteiger partial charge in [0.25, 0.3) is 0 Å². The smallest absolute Gasteiger partial charge is 0.00996 e. The van der Waals surface area contributed by atoms with Gasteiger partial charge in [0.2, 0.25) is 0 Å². The molecule has 3 nitrogen and oxygen atoms in total. The third-order valence-electron chi connectivity index (χ3n) is 1.58. The summed E-state index contributed by atoms with van der Waals surface area (Å²) in [5, 5.41) is 0. The van der Waals surface area contributed by atoms with E-state index in [-0.39, 0.29) is 0 Å². The van der Waals surface area contributed by atoms with Crippen LogP contribution in [0.15, 0.2) is 0 Å². The summed E-state index contributed by atoms with van der Waals surface area (Å²) in [5.74, 6) is 0. The van der Waals surface area contributed by atoms with E-state index < -0.39 is 0 Å². The van der Waals surface area contributed by atoms with Gasteiger partial charge in [-0.3, -0.25) is 10.9 Å². The van der Waals surface area contributed by atoms with Crippen molar-refractivity contribution >= 4 is 0 Å². The van der Waals surface area contributed by atoms with E-state index in [0.717, 1.165) is 6.54 Å². The maximum Gasteiger partial charge on any atom is 0.00996 e. The van der Waals surface area contributed by atoms with Gasteiger partial charge in [-0.1, -0.05) is 6.42 Å². The molecule has 3 heteroatoms. The van der Waals surface area contributed by atoms with Crippen LogP contribution in [0, 0.1) is 0 Å². The van der Waals surface area contributed by atoms with Crippen LogP contribution in [0.25, 0.3) is 0 Å². The molecule has 0 aromatic carbocycles. The second-order valence-corrected chi connectivity index (χ2v) is 3.04. The minimum Gasteiger partial charge on any atom is -0.309 e. The zero-order valence-corrected chi connectivity index (χ0v) is 7.98. The molecule has 0 radical (unpaired) electrons. The van der Waals surface area contributed by atoms with E-state index in [1.54, 1.807) is 0 Å². The van der Waals surface area contributed by atoms with Gasteiger partial charge in [0.15, 0.2) is 0 Å². The molecule has 0 spiro atoms. The van der Waals surface area contributed by atoms with Crippen molar-refractivity contribution in [3.8, 4) is 0 Å². The van der Waals surface area contributed by atoms with Crippen molar-refractivity contribution in [1.82, 2.24) is 15.8 Å². The quantitative estimate of drug-likeness (QED) is 0.417. The van der Waals surface area contributed by atoms with Crippen molar-refractivity contribution in [1.29, 1.82) is 0 Å². The van der Waals surface area contributed by atoms with Crippen molar-refractivity contribution in [2.75, 3.05) is 34.2 Å². The molecule has 0 rings (SSSR count). The molecule has 0 atom stereocenters. The summed E-state index contributed by atoms with van der Waals surface area (Å²) in [4.78, 5) is 2.23. The maximum atomic E-state index is 3.07. The number of unbranched alkanes of at least 4 members (excludes halogenated alkanes) is 2. The molecule has 0 aliphatic heterocycles. The lowest BCUT2D eigenvalue weighted by atomic mass is 10.2. The Morgan fingerprint density at radius 2 is 1.82 bits per heavy atom. The Morgan fingerprint density at radius 3 is 2.36 bits per heavy atom. The molecule has 0 aliphatic rings. The van der Waals surface area contributed by atoms with Crippen molar-refractivity contribution < 1.29 is 0 Å². The van der Waals surface area contributed by atoms with Gasteiger partial charge in [0.05, 0.1) is 0 Å². The van der Waals surface area contributed by atoms with Crippen molar-refractivity contribution in [3.05, 3.63) is 0 Å². The summed E-state index contributed by atoms with van der Waals surface area (Å²) in [6, 6.07) is 0. The number of nitrogens with zero attached hydrogens (tertiary/aromatic N) is 1. The molecule has 0 bridgehead atoms. The number of hydrogen-bond donors (Lipinski definition) is 2. The molecule has 11 heavy (non-hydrogen) atoms. The SMILES string of the molecule is CNNCCCCCN(C)C. The molecule has 0 unspecified atom stereocenters. The number of nitrogens with one attached hydrogen (secondary N) is 2. The Labute approximate surface area is 70.1 Å². The molecule has 0 fully saturated rings. The topological polar surface area (TPSA) is 27.3 Å². The van der Waals surface area contributed by atoms with Gasteiger partial charge in [-0.25, -0.2) is 0 Å². The van der Waals surface area contributed by atoms with E-state index in [9.17, 15) is 0 Å². The van der Waals surface area contributed by atoms with Crippen LogP contribution >= 0.6 is 0 Å². The van der Waals surface area contributed by atoms with Gasteiger partial charge in [0, 0.05) is 6.54 Å². The van der Waals surface area contributed by atoms with Crippen LogP contribution in [-0.2, 0) is 0 Å². The minimum absolute atomic E-state index is 1.07. The zero-order valence-electron chi connectivity index (χ0n) is 7.98. The Morgan fingerprint density at radius 1 is 1.09 bits per heavy atom. The first kappa shape index (κ1) is 10.9. The van der Waals surface area contributed by atoms with Crippen LogP contribution in [0.1, 0.15) is 19.3 Å². The average molecular weight is 159 g/mol. The van der Waals surface area contributed by atoms with Crippen molar-refractivity contribution in [2.24, 2.45) is 0 Å². The molecule has 0 saturated carbocycles. The molecule has 68 valence electrons. The highest BCUT2D eigenvalue weighted by molar-refractivity contribution is 4.47. The molecule has 0 heterocycles. The van der Waals surface area contributed by atoms with Crippen LogP contribution < -0.4 is 10.9 Å². The average Bonchev–Trinajstić information content (AvgIpc) is 1.96. The second-order valence-electron chi connectivity index (χ2n) is 3.04. The first-order valence-corrected chi connectivity index (χ1v) is 4.31. The molecule has 0 aromatic heterocycles. The summed E-state index contributed by atoms with van der Waals surface area (Å²) in [5.41, 5.74) is 5.98. The molecule has 2 N–H and O–H groups in total. The van der Waals surface area contributed by atoms with Gasteiger partial charge in [-0.2, -0.15) is 0 Å². The molecule has 0 aliphatic carbocycles.